The van der Waals surface area contributed by atoms with Crippen LogP contribution in [0.4, 0.5) is 4.39 Å². The highest BCUT2D eigenvalue weighted by molar-refractivity contribution is 5.97. The smallest absolute Gasteiger partial charge is 0.287 e. The average Bonchev–Trinajstić information content (AvgIpc) is 2.92. The van der Waals surface area contributed by atoms with Gasteiger partial charge in [0.05, 0.1) is 5.69 Å². The molecule has 2 aliphatic rings. The van der Waals surface area contributed by atoms with Crippen molar-refractivity contribution in [3.05, 3.63) is 52.9 Å². The summed E-state index contributed by atoms with van der Waals surface area (Å²) in [5, 5.41) is 2.76. The summed E-state index contributed by atoms with van der Waals surface area (Å²) in [5.74, 6) is -0.527. The first kappa shape index (κ1) is 19.6. The van der Waals surface area contributed by atoms with E-state index in [1.54, 1.807) is 18.2 Å². The number of nitrogens with zero attached hydrogens (tertiary/aromatic N) is 3. The van der Waals surface area contributed by atoms with Crippen molar-refractivity contribution >= 4 is 11.8 Å². The molecule has 0 radical (unpaired) electrons. The molecule has 0 atom stereocenters. The number of rotatable bonds is 4. The Bertz CT molecular complexity index is 900. The maximum Gasteiger partial charge on any atom is 0.287 e. The van der Waals surface area contributed by atoms with Crippen LogP contribution in [0.3, 0.4) is 0 Å². The minimum atomic E-state index is -0.369. The van der Waals surface area contributed by atoms with Crippen molar-refractivity contribution in [1.29, 1.82) is 0 Å². The molecule has 1 aromatic heterocycles. The molecule has 0 saturated carbocycles. The molecular formula is C22H27FN4O2. The summed E-state index contributed by atoms with van der Waals surface area (Å²) in [6.45, 7) is 2.26. The van der Waals surface area contributed by atoms with E-state index in [0.717, 1.165) is 63.7 Å². The zero-order chi connectivity index (χ0) is 20.2. The molecule has 2 amide bonds. The van der Waals surface area contributed by atoms with Gasteiger partial charge in [-0.3, -0.25) is 9.59 Å². The summed E-state index contributed by atoms with van der Waals surface area (Å²) in [5.41, 5.74) is 1.70. The number of imidazole rings is 1. The number of hydrogen-bond acceptors (Lipinski definition) is 3. The number of hydrogen-bond donors (Lipinski definition) is 1. The third-order valence-corrected chi connectivity index (χ3v) is 5.81. The Morgan fingerprint density at radius 2 is 1.72 bits per heavy atom. The number of carbonyl (C=O) groups excluding carboxylic acids is 2. The number of amides is 2. The van der Waals surface area contributed by atoms with E-state index in [4.69, 9.17) is 0 Å². The molecule has 1 saturated heterocycles. The van der Waals surface area contributed by atoms with Gasteiger partial charge in [0.1, 0.15) is 11.5 Å². The lowest BCUT2D eigenvalue weighted by Crippen LogP contribution is -2.33. The zero-order valence-corrected chi connectivity index (χ0v) is 16.6. The van der Waals surface area contributed by atoms with Crippen LogP contribution in [0.2, 0.25) is 0 Å². The maximum atomic E-state index is 13.8. The van der Waals surface area contributed by atoms with Gasteiger partial charge < -0.3 is 14.8 Å². The molecule has 1 fully saturated rings. The lowest BCUT2D eigenvalue weighted by molar-refractivity contribution is 0.0754. The van der Waals surface area contributed by atoms with Crippen LogP contribution < -0.4 is 5.32 Å². The van der Waals surface area contributed by atoms with Crippen molar-refractivity contribution in [2.75, 3.05) is 13.1 Å². The van der Waals surface area contributed by atoms with Gasteiger partial charge in [-0.05, 0) is 38.2 Å². The van der Waals surface area contributed by atoms with Crippen LogP contribution in [0.25, 0.3) is 0 Å². The van der Waals surface area contributed by atoms with Gasteiger partial charge in [-0.1, -0.05) is 31.0 Å². The van der Waals surface area contributed by atoms with Crippen LogP contribution in [0.15, 0.2) is 24.3 Å². The van der Waals surface area contributed by atoms with Crippen LogP contribution in [0, 0.1) is 5.82 Å². The SMILES string of the molecule is O=C(NCc1ccccc1F)c1nc(C(=O)N2CCCCCC2)c2n1CCCC2. The number of halogens is 1. The van der Waals surface area contributed by atoms with Crippen LogP contribution in [-0.2, 0) is 19.5 Å². The molecule has 0 aliphatic carbocycles. The van der Waals surface area contributed by atoms with Gasteiger partial charge >= 0.3 is 0 Å². The fourth-order valence-electron chi connectivity index (χ4n) is 4.21. The van der Waals surface area contributed by atoms with Crippen molar-refractivity contribution in [3.8, 4) is 0 Å². The summed E-state index contributed by atoms with van der Waals surface area (Å²) in [6.07, 6.45) is 7.01. The van der Waals surface area contributed by atoms with Gasteiger partial charge in [0.2, 0.25) is 0 Å². The van der Waals surface area contributed by atoms with Crippen LogP contribution in [0.1, 0.15) is 70.9 Å². The highest BCUT2D eigenvalue weighted by atomic mass is 19.1. The quantitative estimate of drug-likeness (QED) is 0.859. The third-order valence-electron chi connectivity index (χ3n) is 5.81. The van der Waals surface area contributed by atoms with E-state index in [1.807, 2.05) is 9.47 Å². The molecule has 3 heterocycles. The summed E-state index contributed by atoms with van der Waals surface area (Å²) >= 11 is 0. The number of aromatic nitrogens is 2. The predicted octanol–water partition coefficient (Wildman–Crippen LogP) is 3.30. The number of carbonyl (C=O) groups is 2. The fourth-order valence-corrected chi connectivity index (χ4v) is 4.21. The van der Waals surface area contributed by atoms with E-state index in [1.165, 1.54) is 6.07 Å². The molecule has 1 aromatic carbocycles. The molecule has 0 spiro atoms. The Hall–Kier alpha value is -2.70. The molecule has 1 N–H and O–H groups in total. The molecule has 2 aromatic rings. The Labute approximate surface area is 170 Å². The number of likely N-dealkylation sites (tertiary alicyclic amines) is 1. The predicted molar refractivity (Wildman–Crippen MR) is 107 cm³/mol. The van der Waals surface area contributed by atoms with Crippen molar-refractivity contribution in [2.45, 2.75) is 58.0 Å². The lowest BCUT2D eigenvalue weighted by Gasteiger charge is -2.21. The van der Waals surface area contributed by atoms with Gasteiger partial charge in [0.15, 0.2) is 5.82 Å². The molecular weight excluding hydrogens is 371 g/mol. The summed E-state index contributed by atoms with van der Waals surface area (Å²) in [7, 11) is 0. The van der Waals surface area contributed by atoms with E-state index in [2.05, 4.69) is 10.3 Å². The van der Waals surface area contributed by atoms with Crippen molar-refractivity contribution in [3.63, 3.8) is 0 Å². The van der Waals surface area contributed by atoms with Gasteiger partial charge in [-0.15, -0.1) is 0 Å². The largest absolute Gasteiger partial charge is 0.345 e. The first-order valence-corrected chi connectivity index (χ1v) is 10.6. The Balaban J connectivity index is 1.56. The van der Waals surface area contributed by atoms with Gasteiger partial charge in [-0.2, -0.15) is 0 Å². The topological polar surface area (TPSA) is 67.2 Å². The first-order valence-electron chi connectivity index (χ1n) is 10.6. The second kappa shape index (κ2) is 8.76. The first-order chi connectivity index (χ1) is 14.1. The maximum absolute atomic E-state index is 13.8. The van der Waals surface area contributed by atoms with Gasteiger partial charge in [0.25, 0.3) is 11.8 Å². The molecule has 2 aliphatic heterocycles. The minimum Gasteiger partial charge on any atom is -0.345 e. The molecule has 0 unspecified atom stereocenters. The van der Waals surface area contributed by atoms with Gasteiger partial charge in [-0.25, -0.2) is 9.37 Å². The van der Waals surface area contributed by atoms with Crippen molar-refractivity contribution < 1.29 is 14.0 Å². The van der Waals surface area contributed by atoms with Crippen LogP contribution in [0.5, 0.6) is 0 Å². The van der Waals surface area contributed by atoms with Gasteiger partial charge in [0, 0.05) is 31.7 Å². The second-order valence-electron chi connectivity index (χ2n) is 7.82. The lowest BCUT2D eigenvalue weighted by atomic mass is 10.1. The molecule has 0 bridgehead atoms. The van der Waals surface area contributed by atoms with E-state index >= 15 is 0 Å². The number of nitrogens with one attached hydrogen (secondary N) is 1. The standard InChI is InChI=1S/C22H27FN4O2/c23-17-10-4-3-9-16(17)15-24-21(28)20-25-19(18-11-5-8-14-27(18)20)22(29)26-12-6-1-2-7-13-26/h3-4,9-10H,1-2,5-8,11-15H2,(H,24,28). The summed E-state index contributed by atoms with van der Waals surface area (Å²) in [4.78, 5) is 32.4. The fraction of sp³-hybridized carbons (Fsp3) is 0.500. The van der Waals surface area contributed by atoms with E-state index < -0.39 is 0 Å². The Morgan fingerprint density at radius 1 is 1.00 bits per heavy atom. The van der Waals surface area contributed by atoms with Crippen LogP contribution in [-0.4, -0.2) is 39.4 Å². The van der Waals surface area contributed by atoms with Crippen molar-refractivity contribution in [2.24, 2.45) is 0 Å². The molecule has 6 nitrogen and oxygen atoms in total. The highest BCUT2D eigenvalue weighted by Crippen LogP contribution is 2.23. The highest BCUT2D eigenvalue weighted by Gasteiger charge is 2.30. The van der Waals surface area contributed by atoms with Crippen LogP contribution >= 0.6 is 0 Å². The minimum absolute atomic E-state index is 0.0642. The second-order valence-corrected chi connectivity index (χ2v) is 7.82. The van der Waals surface area contributed by atoms with E-state index in [9.17, 15) is 14.0 Å². The normalized spacial score (nSPS) is 16.8. The molecule has 154 valence electrons. The number of fused-ring (bicyclic) bond motifs is 1. The molecule has 29 heavy (non-hydrogen) atoms. The molecule has 4 rings (SSSR count). The summed E-state index contributed by atoms with van der Waals surface area (Å²) < 4.78 is 15.7. The number of benzene rings is 1. The summed E-state index contributed by atoms with van der Waals surface area (Å²) in [6, 6.07) is 6.37. The Morgan fingerprint density at radius 3 is 2.48 bits per heavy atom. The zero-order valence-electron chi connectivity index (χ0n) is 16.6. The Kier molecular flexibility index (Phi) is 5.92. The van der Waals surface area contributed by atoms with Crippen molar-refractivity contribution in [1.82, 2.24) is 19.8 Å². The van der Waals surface area contributed by atoms with E-state index in [0.29, 0.717) is 17.8 Å². The molecule has 7 heteroatoms. The third kappa shape index (κ3) is 4.18. The monoisotopic (exact) mass is 398 g/mol. The average molecular weight is 398 g/mol. The van der Waals surface area contributed by atoms with E-state index in [-0.39, 0.29) is 30.0 Å².